The van der Waals surface area contributed by atoms with Crippen LogP contribution in [0, 0.1) is 0 Å². The van der Waals surface area contributed by atoms with Crippen LogP contribution in [-0.4, -0.2) is 31.9 Å². The van der Waals surface area contributed by atoms with Crippen LogP contribution in [0.3, 0.4) is 0 Å². The Morgan fingerprint density at radius 1 is 1.03 bits per heavy atom. The monoisotopic (exact) mass is 475 g/mol. The highest BCUT2D eigenvalue weighted by Crippen LogP contribution is 2.42. The predicted molar refractivity (Wildman–Crippen MR) is 119 cm³/mol. The lowest BCUT2D eigenvalue weighted by atomic mass is 9.99. The van der Waals surface area contributed by atoms with Gasteiger partial charge in [-0.05, 0) is 42.7 Å². The van der Waals surface area contributed by atoms with Crippen molar-refractivity contribution < 1.29 is 31.8 Å². The first-order valence-electron chi connectivity index (χ1n) is 11.1. The van der Waals surface area contributed by atoms with Gasteiger partial charge in [0.25, 0.3) is 0 Å². The van der Waals surface area contributed by atoms with E-state index in [4.69, 9.17) is 18.6 Å². The average Bonchev–Trinajstić information content (AvgIpc) is 3.37. The molecule has 0 amide bonds. The molecule has 1 saturated carbocycles. The minimum atomic E-state index is -4.89. The van der Waals surface area contributed by atoms with Gasteiger partial charge < -0.3 is 18.6 Å². The van der Waals surface area contributed by atoms with Gasteiger partial charge in [-0.3, -0.25) is 9.69 Å². The molecule has 2 heterocycles. The molecule has 0 saturated heterocycles. The molecule has 0 bridgehead atoms. The third-order valence-corrected chi connectivity index (χ3v) is 6.64. The Morgan fingerprint density at radius 2 is 1.76 bits per heavy atom. The van der Waals surface area contributed by atoms with Gasteiger partial charge in [-0.1, -0.05) is 18.9 Å². The van der Waals surface area contributed by atoms with Crippen molar-refractivity contribution in [3.63, 3.8) is 0 Å². The second-order valence-corrected chi connectivity index (χ2v) is 8.58. The van der Waals surface area contributed by atoms with E-state index in [-0.39, 0.29) is 22.3 Å². The van der Waals surface area contributed by atoms with Crippen LogP contribution in [0.1, 0.15) is 37.0 Å². The molecule has 0 N–H and O–H groups in total. The van der Waals surface area contributed by atoms with Gasteiger partial charge in [-0.25, -0.2) is 0 Å². The molecule has 2 aromatic carbocycles. The van der Waals surface area contributed by atoms with Crippen molar-refractivity contribution in [3.05, 3.63) is 51.9 Å². The van der Waals surface area contributed by atoms with Crippen LogP contribution in [0.2, 0.25) is 0 Å². The maximum absolute atomic E-state index is 14.2. The highest BCUT2D eigenvalue weighted by Gasteiger charge is 2.40. The normalized spacial score (nSPS) is 17.0. The van der Waals surface area contributed by atoms with Gasteiger partial charge in [0.05, 0.1) is 30.7 Å². The quantitative estimate of drug-likeness (QED) is 0.490. The third kappa shape index (κ3) is 3.77. The van der Waals surface area contributed by atoms with Crippen LogP contribution in [0.15, 0.2) is 39.5 Å². The van der Waals surface area contributed by atoms with E-state index in [9.17, 15) is 18.0 Å². The van der Waals surface area contributed by atoms with E-state index in [0.717, 1.165) is 25.7 Å². The Labute approximate surface area is 193 Å². The molecule has 2 aliphatic rings. The molecule has 1 aliphatic heterocycles. The second kappa shape index (κ2) is 8.54. The van der Waals surface area contributed by atoms with Gasteiger partial charge in [0.2, 0.25) is 11.2 Å². The number of halogens is 3. The van der Waals surface area contributed by atoms with Crippen LogP contribution >= 0.6 is 0 Å². The van der Waals surface area contributed by atoms with E-state index < -0.39 is 22.9 Å². The number of alkyl halides is 3. The number of hydrogen-bond donors (Lipinski definition) is 0. The first-order valence-corrected chi connectivity index (χ1v) is 11.1. The summed E-state index contributed by atoms with van der Waals surface area (Å²) in [7, 11) is 2.79. The van der Waals surface area contributed by atoms with Gasteiger partial charge in [0.1, 0.15) is 18.1 Å². The molecule has 34 heavy (non-hydrogen) atoms. The number of methoxy groups -OCH3 is 2. The van der Waals surface area contributed by atoms with Gasteiger partial charge in [0.15, 0.2) is 11.5 Å². The van der Waals surface area contributed by atoms with E-state index in [1.165, 1.54) is 38.5 Å². The zero-order valence-corrected chi connectivity index (χ0v) is 18.8. The minimum Gasteiger partial charge on any atom is -0.493 e. The van der Waals surface area contributed by atoms with Crippen LogP contribution < -0.4 is 19.6 Å². The van der Waals surface area contributed by atoms with Crippen molar-refractivity contribution in [1.29, 1.82) is 0 Å². The summed E-state index contributed by atoms with van der Waals surface area (Å²) >= 11 is 0. The van der Waals surface area contributed by atoms with Gasteiger partial charge >= 0.3 is 6.18 Å². The van der Waals surface area contributed by atoms with E-state index in [0.29, 0.717) is 36.4 Å². The highest BCUT2D eigenvalue weighted by atomic mass is 19.4. The maximum Gasteiger partial charge on any atom is 0.450 e. The molecular formula is C25H24F3NO5. The van der Waals surface area contributed by atoms with Crippen molar-refractivity contribution in [3.8, 4) is 28.4 Å². The Kier molecular flexibility index (Phi) is 5.67. The van der Waals surface area contributed by atoms with E-state index >= 15 is 0 Å². The summed E-state index contributed by atoms with van der Waals surface area (Å²) in [5.74, 6) is -0.359. The third-order valence-electron chi connectivity index (χ3n) is 6.64. The smallest absolute Gasteiger partial charge is 0.450 e. The van der Waals surface area contributed by atoms with Gasteiger partial charge in [0, 0.05) is 12.6 Å². The minimum absolute atomic E-state index is 0.0298. The molecule has 9 heteroatoms. The largest absolute Gasteiger partial charge is 0.493 e. The molecule has 0 atom stereocenters. The number of fused-ring (bicyclic) bond motifs is 3. The Morgan fingerprint density at radius 3 is 2.44 bits per heavy atom. The zero-order valence-electron chi connectivity index (χ0n) is 18.8. The van der Waals surface area contributed by atoms with E-state index in [1.54, 1.807) is 6.07 Å². The summed E-state index contributed by atoms with van der Waals surface area (Å²) in [6.45, 7) is 0.733. The molecular weight excluding hydrogens is 451 g/mol. The van der Waals surface area contributed by atoms with E-state index in [1.807, 2.05) is 0 Å². The number of nitrogens with zero attached hydrogens (tertiary/aromatic N) is 1. The summed E-state index contributed by atoms with van der Waals surface area (Å²) in [5, 5.41) is 0.0772. The first kappa shape index (κ1) is 22.6. The predicted octanol–water partition coefficient (Wildman–Crippen LogP) is 5.59. The number of rotatable bonds is 4. The number of ether oxygens (including phenoxy) is 3. The average molecular weight is 475 g/mol. The van der Waals surface area contributed by atoms with Crippen molar-refractivity contribution in [2.24, 2.45) is 0 Å². The summed E-state index contributed by atoms with van der Waals surface area (Å²) < 4.78 is 64.4. The fourth-order valence-electron chi connectivity index (χ4n) is 4.94. The molecule has 1 fully saturated rings. The molecule has 0 radical (unpaired) electrons. The SMILES string of the molecule is COc1ccc(-c2c(C(F)(F)F)oc3c4c(ccc3c2=O)OCN(C2CCCC2)C4)cc1OC. The zero-order chi connectivity index (χ0) is 24.0. The fraction of sp³-hybridized carbons (Fsp3) is 0.400. The molecule has 3 aromatic rings. The number of benzene rings is 2. The summed E-state index contributed by atoms with van der Waals surface area (Å²) in [6, 6.07) is 7.59. The van der Waals surface area contributed by atoms with E-state index in [2.05, 4.69) is 4.90 Å². The summed E-state index contributed by atoms with van der Waals surface area (Å²) in [4.78, 5) is 15.6. The molecule has 5 rings (SSSR count). The van der Waals surface area contributed by atoms with Gasteiger partial charge in [-0.2, -0.15) is 13.2 Å². The lowest BCUT2D eigenvalue weighted by Gasteiger charge is -2.33. The Balaban J connectivity index is 1.71. The molecule has 1 aliphatic carbocycles. The van der Waals surface area contributed by atoms with Crippen LogP contribution in [0.4, 0.5) is 13.2 Å². The van der Waals surface area contributed by atoms with Crippen LogP contribution in [0.5, 0.6) is 17.2 Å². The Bertz CT molecular complexity index is 1290. The van der Waals surface area contributed by atoms with Gasteiger partial charge in [-0.15, -0.1) is 0 Å². The van der Waals surface area contributed by atoms with Crippen molar-refractivity contribution in [2.75, 3.05) is 21.0 Å². The molecule has 180 valence electrons. The highest BCUT2D eigenvalue weighted by molar-refractivity contribution is 5.87. The van der Waals surface area contributed by atoms with Crippen molar-refractivity contribution in [2.45, 2.75) is 44.4 Å². The van der Waals surface area contributed by atoms with Crippen molar-refractivity contribution >= 4 is 11.0 Å². The molecule has 1 aromatic heterocycles. The summed E-state index contributed by atoms with van der Waals surface area (Å²) in [6.07, 6.45) is -0.619. The van der Waals surface area contributed by atoms with Crippen LogP contribution in [0.25, 0.3) is 22.1 Å². The topological polar surface area (TPSA) is 61.1 Å². The summed E-state index contributed by atoms with van der Waals surface area (Å²) in [5.41, 5.74) is -0.909. The second-order valence-electron chi connectivity index (χ2n) is 8.58. The fourth-order valence-corrected chi connectivity index (χ4v) is 4.94. The molecule has 0 unspecified atom stereocenters. The van der Waals surface area contributed by atoms with Crippen molar-refractivity contribution in [1.82, 2.24) is 4.90 Å². The molecule has 0 spiro atoms. The lowest BCUT2D eigenvalue weighted by molar-refractivity contribution is -0.152. The number of hydrogen-bond acceptors (Lipinski definition) is 6. The van der Waals surface area contributed by atoms with Crippen LogP contribution in [-0.2, 0) is 12.7 Å². The maximum atomic E-state index is 14.2. The standard InChI is InChI=1S/C25H24F3NO5/c1-31-19-9-7-14(11-20(19)32-2)21-22(30)16-8-10-18-17(23(16)34-24(21)25(26,27)28)12-29(13-33-18)15-5-3-4-6-15/h7-11,15H,3-6,12-13H2,1-2H3. The molecule has 6 nitrogen and oxygen atoms in total. The lowest BCUT2D eigenvalue weighted by Crippen LogP contribution is -2.39. The Hall–Kier alpha value is -3.20. The first-order chi connectivity index (χ1) is 16.3.